The molecule has 2 amide bonds. The summed E-state index contributed by atoms with van der Waals surface area (Å²) in [7, 11) is -3.76. The van der Waals surface area contributed by atoms with Crippen LogP contribution >= 0.6 is 23.2 Å². The number of benzene rings is 2. The molecular weight excluding hydrogens is 399 g/mol. The molecule has 0 spiro atoms. The van der Waals surface area contributed by atoms with Crippen LogP contribution in [0.25, 0.3) is 0 Å². The second kappa shape index (κ2) is 7.26. The van der Waals surface area contributed by atoms with Gasteiger partial charge in [0.25, 0.3) is 5.91 Å². The molecule has 1 aliphatic rings. The zero-order chi connectivity index (χ0) is 18.9. The number of carbonyl (C=O) groups excluding carboxylic acids is 2. The Morgan fingerprint density at radius 2 is 1.81 bits per heavy atom. The largest absolute Gasteiger partial charge is 0.348 e. The maximum atomic E-state index is 12.4. The highest BCUT2D eigenvalue weighted by Gasteiger charge is 2.37. The Balaban J connectivity index is 1.81. The Kier molecular flexibility index (Phi) is 5.22. The first-order valence-corrected chi connectivity index (χ1v) is 10.0. The van der Waals surface area contributed by atoms with Crippen molar-refractivity contribution in [3.8, 4) is 0 Å². The SMILES string of the molecule is O=C(NCc1ccc(Cl)cc1)c1ccc(Cl)c(N2C(=O)CCS2(=O)=O)c1. The molecule has 0 bridgehead atoms. The van der Waals surface area contributed by atoms with Crippen molar-refractivity contribution in [2.24, 2.45) is 0 Å². The molecule has 0 aromatic heterocycles. The quantitative estimate of drug-likeness (QED) is 0.836. The lowest BCUT2D eigenvalue weighted by Crippen LogP contribution is -2.30. The molecule has 2 aromatic carbocycles. The number of carbonyl (C=O) groups is 2. The normalized spacial score (nSPS) is 15.9. The molecule has 0 saturated carbocycles. The number of hydrogen-bond acceptors (Lipinski definition) is 4. The molecule has 1 heterocycles. The van der Waals surface area contributed by atoms with E-state index >= 15 is 0 Å². The summed E-state index contributed by atoms with van der Waals surface area (Å²) >= 11 is 11.9. The average Bonchev–Trinajstić information content (AvgIpc) is 2.87. The van der Waals surface area contributed by atoms with Crippen molar-refractivity contribution in [2.45, 2.75) is 13.0 Å². The van der Waals surface area contributed by atoms with E-state index < -0.39 is 21.8 Å². The topological polar surface area (TPSA) is 83.6 Å². The van der Waals surface area contributed by atoms with Crippen molar-refractivity contribution in [1.82, 2.24) is 5.32 Å². The van der Waals surface area contributed by atoms with Gasteiger partial charge in [0, 0.05) is 23.6 Å². The zero-order valence-corrected chi connectivity index (χ0v) is 15.7. The highest BCUT2D eigenvalue weighted by molar-refractivity contribution is 7.94. The number of nitrogens with zero attached hydrogens (tertiary/aromatic N) is 1. The summed E-state index contributed by atoms with van der Waals surface area (Å²) in [5.41, 5.74) is 1.05. The smallest absolute Gasteiger partial charge is 0.251 e. The fourth-order valence-corrected chi connectivity index (χ4v) is 4.39. The Morgan fingerprint density at radius 3 is 2.42 bits per heavy atom. The third-order valence-electron chi connectivity index (χ3n) is 3.87. The standard InChI is InChI=1S/C17H14Cl2N2O4S/c18-13-4-1-11(2-5-13)10-20-17(23)12-3-6-14(19)15(9-12)21-16(22)7-8-26(21,24)25/h1-6,9H,7-8,10H2,(H,20,23). The van der Waals surface area contributed by atoms with E-state index in [0.717, 1.165) is 5.56 Å². The number of hydrogen-bond donors (Lipinski definition) is 1. The van der Waals surface area contributed by atoms with Gasteiger partial charge in [-0.2, -0.15) is 0 Å². The first kappa shape index (κ1) is 18.7. The van der Waals surface area contributed by atoms with Crippen molar-refractivity contribution in [3.05, 3.63) is 63.6 Å². The lowest BCUT2D eigenvalue weighted by atomic mass is 10.1. The molecule has 1 N–H and O–H groups in total. The second-order valence-corrected chi connectivity index (χ2v) is 8.48. The van der Waals surface area contributed by atoms with Gasteiger partial charge in [-0.05, 0) is 35.9 Å². The molecule has 0 atom stereocenters. The van der Waals surface area contributed by atoms with Gasteiger partial charge >= 0.3 is 0 Å². The van der Waals surface area contributed by atoms with Gasteiger partial charge in [0.05, 0.1) is 16.5 Å². The Hall–Kier alpha value is -2.09. The van der Waals surface area contributed by atoms with Crippen LogP contribution in [0.15, 0.2) is 42.5 Å². The van der Waals surface area contributed by atoms with Gasteiger partial charge in [-0.1, -0.05) is 35.3 Å². The fourth-order valence-electron chi connectivity index (χ4n) is 2.54. The van der Waals surface area contributed by atoms with Crippen molar-refractivity contribution < 1.29 is 18.0 Å². The molecule has 1 aliphatic heterocycles. The van der Waals surface area contributed by atoms with Gasteiger partial charge in [-0.3, -0.25) is 9.59 Å². The number of sulfonamides is 1. The van der Waals surface area contributed by atoms with Gasteiger partial charge < -0.3 is 5.32 Å². The predicted octanol–water partition coefficient (Wildman–Crippen LogP) is 2.99. The fraction of sp³-hybridized carbons (Fsp3) is 0.176. The van der Waals surface area contributed by atoms with Crippen molar-refractivity contribution in [1.29, 1.82) is 0 Å². The maximum Gasteiger partial charge on any atom is 0.251 e. The van der Waals surface area contributed by atoms with Gasteiger partial charge in [0.2, 0.25) is 15.9 Å². The third-order valence-corrected chi connectivity index (χ3v) is 6.12. The van der Waals surface area contributed by atoms with E-state index in [1.807, 2.05) is 0 Å². The molecule has 2 aromatic rings. The van der Waals surface area contributed by atoms with Crippen LogP contribution in [0, 0.1) is 0 Å². The summed E-state index contributed by atoms with van der Waals surface area (Å²) in [6.07, 6.45) is -0.106. The summed E-state index contributed by atoms with van der Waals surface area (Å²) < 4.78 is 24.8. The number of amides is 2. The molecule has 6 nitrogen and oxygen atoms in total. The predicted molar refractivity (Wildman–Crippen MR) is 100.0 cm³/mol. The lowest BCUT2D eigenvalue weighted by Gasteiger charge is -2.17. The highest BCUT2D eigenvalue weighted by atomic mass is 35.5. The molecule has 1 saturated heterocycles. The first-order chi connectivity index (χ1) is 12.3. The number of anilines is 1. The molecule has 0 unspecified atom stereocenters. The molecule has 0 aliphatic carbocycles. The zero-order valence-electron chi connectivity index (χ0n) is 13.4. The van der Waals surface area contributed by atoms with Crippen LogP contribution in [-0.2, 0) is 21.4 Å². The Bertz CT molecular complexity index is 975. The van der Waals surface area contributed by atoms with E-state index in [4.69, 9.17) is 23.2 Å². The van der Waals surface area contributed by atoms with Crippen LogP contribution in [0.4, 0.5) is 5.69 Å². The van der Waals surface area contributed by atoms with Gasteiger partial charge in [-0.15, -0.1) is 0 Å². The minimum atomic E-state index is -3.76. The second-order valence-electron chi connectivity index (χ2n) is 5.70. The molecule has 26 heavy (non-hydrogen) atoms. The van der Waals surface area contributed by atoms with E-state index in [2.05, 4.69) is 5.32 Å². The summed E-state index contributed by atoms with van der Waals surface area (Å²) in [5.74, 6) is -1.25. The van der Waals surface area contributed by atoms with Crippen LogP contribution in [0.3, 0.4) is 0 Å². The van der Waals surface area contributed by atoms with E-state index in [1.54, 1.807) is 24.3 Å². The highest BCUT2D eigenvalue weighted by Crippen LogP contribution is 2.32. The number of nitrogens with one attached hydrogen (secondary N) is 1. The van der Waals surface area contributed by atoms with E-state index in [0.29, 0.717) is 9.33 Å². The van der Waals surface area contributed by atoms with Crippen molar-refractivity contribution in [3.63, 3.8) is 0 Å². The monoisotopic (exact) mass is 412 g/mol. The van der Waals surface area contributed by atoms with Crippen LogP contribution in [0.1, 0.15) is 22.3 Å². The lowest BCUT2D eigenvalue weighted by molar-refractivity contribution is -0.116. The van der Waals surface area contributed by atoms with E-state index in [9.17, 15) is 18.0 Å². The maximum absolute atomic E-state index is 12.4. The molecule has 0 radical (unpaired) electrons. The summed E-state index contributed by atoms with van der Waals surface area (Å²) in [6.45, 7) is 0.273. The van der Waals surface area contributed by atoms with Gasteiger partial charge in [0.1, 0.15) is 0 Å². The first-order valence-electron chi connectivity index (χ1n) is 7.66. The Labute approximate surface area is 160 Å². The summed E-state index contributed by atoms with van der Waals surface area (Å²) in [5, 5.41) is 3.40. The van der Waals surface area contributed by atoms with E-state index in [1.165, 1.54) is 18.2 Å². The molecule has 9 heteroatoms. The van der Waals surface area contributed by atoms with Gasteiger partial charge in [-0.25, -0.2) is 12.7 Å². The minimum absolute atomic E-state index is 0.00619. The Morgan fingerprint density at radius 1 is 1.12 bits per heavy atom. The number of rotatable bonds is 4. The molecular formula is C17H14Cl2N2O4S. The van der Waals surface area contributed by atoms with Crippen LogP contribution < -0.4 is 9.62 Å². The van der Waals surface area contributed by atoms with Crippen molar-refractivity contribution >= 4 is 50.7 Å². The van der Waals surface area contributed by atoms with Crippen LogP contribution in [0.5, 0.6) is 0 Å². The molecule has 1 fully saturated rings. The summed E-state index contributed by atoms with van der Waals surface area (Å²) in [6, 6.07) is 11.2. The average molecular weight is 413 g/mol. The third kappa shape index (κ3) is 3.85. The minimum Gasteiger partial charge on any atom is -0.348 e. The molecule has 136 valence electrons. The van der Waals surface area contributed by atoms with Crippen LogP contribution in [0.2, 0.25) is 10.0 Å². The van der Waals surface area contributed by atoms with Crippen molar-refractivity contribution in [2.75, 3.05) is 10.1 Å². The van der Waals surface area contributed by atoms with E-state index in [-0.39, 0.29) is 35.0 Å². The number of halogens is 2. The van der Waals surface area contributed by atoms with Crippen LogP contribution in [-0.4, -0.2) is 26.0 Å². The molecule has 3 rings (SSSR count). The summed E-state index contributed by atoms with van der Waals surface area (Å²) in [4.78, 5) is 24.3. The van der Waals surface area contributed by atoms with Gasteiger partial charge in [0.15, 0.2) is 0 Å².